The summed E-state index contributed by atoms with van der Waals surface area (Å²) in [5, 5.41) is 2.64. The van der Waals surface area contributed by atoms with Crippen molar-refractivity contribution < 1.29 is 4.43 Å². The second kappa shape index (κ2) is 10.4. The van der Waals surface area contributed by atoms with Crippen molar-refractivity contribution in [1.82, 2.24) is 0 Å². The first-order valence-electron chi connectivity index (χ1n) is 10.2. The summed E-state index contributed by atoms with van der Waals surface area (Å²) in [6, 6.07) is 21.5. The van der Waals surface area contributed by atoms with Gasteiger partial charge in [-0.25, -0.2) is 0 Å². The summed E-state index contributed by atoms with van der Waals surface area (Å²) in [5.41, 5.74) is 0. The zero-order chi connectivity index (χ0) is 20.5. The summed E-state index contributed by atoms with van der Waals surface area (Å²) in [6.45, 7) is 13.6. The highest BCUT2D eigenvalue weighted by Crippen LogP contribution is 2.36. The summed E-state index contributed by atoms with van der Waals surface area (Å²) in [7, 11) is -2.44. The third kappa shape index (κ3) is 5.21. The maximum absolute atomic E-state index is 6.82. The van der Waals surface area contributed by atoms with Crippen molar-refractivity contribution in [2.45, 2.75) is 39.2 Å². The minimum atomic E-state index is -2.44. The average Bonchev–Trinajstić information content (AvgIpc) is 2.71. The highest BCUT2D eigenvalue weighted by Gasteiger charge is 2.49. The second-order valence-electron chi connectivity index (χ2n) is 8.10. The molecule has 1 unspecified atom stereocenters. The largest absolute Gasteiger partial charge is 0.404 e. The smallest absolute Gasteiger partial charge is 0.261 e. The lowest BCUT2D eigenvalue weighted by molar-refractivity contribution is 0.339. The molecular weight excluding hydrogens is 356 g/mol. The Balaban J connectivity index is 2.33. The molecule has 0 aliphatic heterocycles. The molecule has 0 amide bonds. The summed E-state index contributed by atoms with van der Waals surface area (Å²) in [4.78, 5) is 0. The first-order chi connectivity index (χ1) is 13.5. The van der Waals surface area contributed by atoms with E-state index in [-0.39, 0.29) is 5.04 Å². The third-order valence-electron chi connectivity index (χ3n) is 5.19. The van der Waals surface area contributed by atoms with Crippen LogP contribution in [0.1, 0.15) is 34.1 Å². The molecule has 0 saturated heterocycles. The predicted molar refractivity (Wildman–Crippen MR) is 126 cm³/mol. The van der Waals surface area contributed by atoms with Crippen molar-refractivity contribution in [1.29, 1.82) is 0 Å². The van der Waals surface area contributed by atoms with E-state index in [9.17, 15) is 0 Å². The van der Waals surface area contributed by atoms with Crippen LogP contribution in [-0.4, -0.2) is 14.9 Å². The number of allylic oxidation sites excluding steroid dienone is 4. The van der Waals surface area contributed by atoms with Crippen LogP contribution in [0.5, 0.6) is 0 Å². The van der Waals surface area contributed by atoms with Gasteiger partial charge in [0.25, 0.3) is 8.32 Å². The first kappa shape index (κ1) is 22.1. The zero-order valence-electron chi connectivity index (χ0n) is 17.8. The number of hydrogen-bond donors (Lipinski definition) is 0. The second-order valence-corrected chi connectivity index (χ2v) is 12.4. The van der Waals surface area contributed by atoms with Gasteiger partial charge < -0.3 is 4.43 Å². The molecule has 0 heterocycles. The Bertz CT molecular complexity index is 730. The molecule has 2 aromatic carbocycles. The molecule has 0 aliphatic carbocycles. The summed E-state index contributed by atoms with van der Waals surface area (Å²) in [6.07, 6.45) is 11.6. The topological polar surface area (TPSA) is 9.23 Å². The molecule has 2 heteroatoms. The Hall–Kier alpha value is -2.16. The van der Waals surface area contributed by atoms with Crippen LogP contribution in [0.3, 0.4) is 0 Å². The van der Waals surface area contributed by atoms with Crippen molar-refractivity contribution in [3.05, 3.63) is 97.6 Å². The van der Waals surface area contributed by atoms with Crippen LogP contribution in [0.25, 0.3) is 0 Å². The lowest BCUT2D eigenvalue weighted by Gasteiger charge is -2.42. The number of rotatable bonds is 9. The van der Waals surface area contributed by atoms with Gasteiger partial charge >= 0.3 is 0 Å². The van der Waals surface area contributed by atoms with Crippen molar-refractivity contribution in [3.63, 3.8) is 0 Å². The normalized spacial score (nSPS) is 13.9. The number of hydrogen-bond acceptors (Lipinski definition) is 1. The third-order valence-corrected chi connectivity index (χ3v) is 10.2. The molecule has 148 valence electrons. The van der Waals surface area contributed by atoms with Crippen LogP contribution in [0.4, 0.5) is 0 Å². The Labute approximate surface area is 172 Å². The molecule has 0 bridgehead atoms. The van der Waals surface area contributed by atoms with Crippen molar-refractivity contribution in [3.8, 4) is 0 Å². The summed E-state index contributed by atoms with van der Waals surface area (Å²) >= 11 is 0. The van der Waals surface area contributed by atoms with E-state index in [1.807, 2.05) is 6.08 Å². The van der Waals surface area contributed by atoms with Crippen molar-refractivity contribution >= 4 is 18.7 Å². The fourth-order valence-electron chi connectivity index (χ4n) is 3.66. The molecule has 1 nitrogen and oxygen atoms in total. The molecule has 0 fully saturated rings. The molecule has 2 aromatic rings. The van der Waals surface area contributed by atoms with Gasteiger partial charge in [0.05, 0.1) is 6.61 Å². The Kier molecular flexibility index (Phi) is 8.22. The van der Waals surface area contributed by atoms with E-state index in [2.05, 4.69) is 119 Å². The maximum atomic E-state index is 6.82. The van der Waals surface area contributed by atoms with Gasteiger partial charge in [0.15, 0.2) is 0 Å². The standard InChI is InChI=1S/C26H34OSi/c1-6-23(7-2)17-11-10-16-22-27-28(26(3,4)5,24-18-12-8-13-19-24)25-20-14-9-15-21-25/h6,8-21,23H,1,7,22H2,2-5H3/b16-10+,17-11+. The van der Waals surface area contributed by atoms with E-state index in [4.69, 9.17) is 4.43 Å². The van der Waals surface area contributed by atoms with Gasteiger partial charge in [-0.1, -0.05) is 119 Å². The summed E-state index contributed by atoms with van der Waals surface area (Å²) in [5.74, 6) is 0.433. The Morgan fingerprint density at radius 1 is 0.929 bits per heavy atom. The van der Waals surface area contributed by atoms with E-state index < -0.39 is 8.32 Å². The fourth-order valence-corrected chi connectivity index (χ4v) is 8.16. The van der Waals surface area contributed by atoms with E-state index in [0.29, 0.717) is 12.5 Å². The van der Waals surface area contributed by atoms with Crippen LogP contribution in [0.2, 0.25) is 5.04 Å². The quantitative estimate of drug-likeness (QED) is 0.295. The molecule has 0 radical (unpaired) electrons. The van der Waals surface area contributed by atoms with Gasteiger partial charge in [0, 0.05) is 0 Å². The van der Waals surface area contributed by atoms with E-state index in [1.54, 1.807) is 0 Å². The van der Waals surface area contributed by atoms with E-state index >= 15 is 0 Å². The molecule has 2 rings (SSSR count). The SMILES string of the molecule is C=CC(/C=C/C=C/CO[Si](c1ccccc1)(c1ccccc1)C(C)(C)C)CC. The van der Waals surface area contributed by atoms with Crippen LogP contribution in [-0.2, 0) is 4.43 Å². The van der Waals surface area contributed by atoms with Gasteiger partial charge in [-0.05, 0) is 27.8 Å². The molecule has 0 aromatic heterocycles. The van der Waals surface area contributed by atoms with Gasteiger partial charge in [0.1, 0.15) is 0 Å². The molecular formula is C26H34OSi. The molecule has 0 spiro atoms. The average molecular weight is 391 g/mol. The minimum Gasteiger partial charge on any atom is -0.404 e. The first-order valence-corrected chi connectivity index (χ1v) is 12.1. The van der Waals surface area contributed by atoms with Crippen molar-refractivity contribution in [2.24, 2.45) is 5.92 Å². The highest BCUT2D eigenvalue weighted by atomic mass is 28.4. The molecule has 0 aliphatic rings. The van der Waals surface area contributed by atoms with Crippen LogP contribution >= 0.6 is 0 Å². The zero-order valence-corrected chi connectivity index (χ0v) is 18.8. The van der Waals surface area contributed by atoms with Gasteiger partial charge in [0.2, 0.25) is 0 Å². The molecule has 0 saturated carbocycles. The van der Waals surface area contributed by atoms with E-state index in [0.717, 1.165) is 6.42 Å². The maximum Gasteiger partial charge on any atom is 0.261 e. The summed E-state index contributed by atoms with van der Waals surface area (Å²) < 4.78 is 6.82. The monoisotopic (exact) mass is 390 g/mol. The molecule has 1 atom stereocenters. The van der Waals surface area contributed by atoms with Crippen LogP contribution in [0, 0.1) is 5.92 Å². The predicted octanol–water partition coefficient (Wildman–Crippen LogP) is 5.89. The van der Waals surface area contributed by atoms with Crippen LogP contribution < -0.4 is 10.4 Å². The van der Waals surface area contributed by atoms with Gasteiger partial charge in [-0.2, -0.15) is 0 Å². The number of benzene rings is 2. The lowest BCUT2D eigenvalue weighted by Crippen LogP contribution is -2.66. The van der Waals surface area contributed by atoms with Crippen LogP contribution in [0.15, 0.2) is 97.6 Å². The van der Waals surface area contributed by atoms with E-state index in [1.165, 1.54) is 10.4 Å². The Morgan fingerprint density at radius 3 is 1.89 bits per heavy atom. The minimum absolute atomic E-state index is 0.00946. The fraction of sp³-hybridized carbons (Fsp3) is 0.308. The highest BCUT2D eigenvalue weighted by molar-refractivity contribution is 6.99. The Morgan fingerprint density at radius 2 is 1.46 bits per heavy atom. The van der Waals surface area contributed by atoms with Gasteiger partial charge in [-0.15, -0.1) is 6.58 Å². The lowest BCUT2D eigenvalue weighted by atomic mass is 10.1. The molecule has 28 heavy (non-hydrogen) atoms. The molecule has 0 N–H and O–H groups in total. The van der Waals surface area contributed by atoms with Crippen molar-refractivity contribution in [2.75, 3.05) is 6.61 Å². The van der Waals surface area contributed by atoms with Gasteiger partial charge in [-0.3, -0.25) is 0 Å².